The second-order valence-corrected chi connectivity index (χ2v) is 13.2. The first-order valence-electron chi connectivity index (χ1n) is 14.3. The highest BCUT2D eigenvalue weighted by molar-refractivity contribution is 6.36. The third-order valence-electron chi connectivity index (χ3n) is 8.86. The van der Waals surface area contributed by atoms with Gasteiger partial charge < -0.3 is 10.0 Å². The lowest BCUT2D eigenvalue weighted by atomic mass is 9.60. The number of nitrogens with one attached hydrogen (secondary N) is 1. The van der Waals surface area contributed by atoms with Crippen molar-refractivity contribution < 1.29 is 9.90 Å². The quantitative estimate of drug-likeness (QED) is 0.245. The van der Waals surface area contributed by atoms with Gasteiger partial charge in [0.1, 0.15) is 5.69 Å². The molecule has 10 heteroatoms. The van der Waals surface area contributed by atoms with Crippen LogP contribution in [0.15, 0.2) is 49.3 Å². The average molecular weight is 584 g/mol. The topological polar surface area (TPSA) is 105 Å². The Labute approximate surface area is 248 Å². The molecule has 1 aliphatic heterocycles. The molecule has 1 spiro atoms. The van der Waals surface area contributed by atoms with Gasteiger partial charge in [-0.25, -0.2) is 0 Å². The van der Waals surface area contributed by atoms with Gasteiger partial charge in [-0.15, -0.1) is 0 Å². The fourth-order valence-corrected chi connectivity index (χ4v) is 7.19. The Morgan fingerprint density at radius 1 is 1.21 bits per heavy atom. The number of H-pyrrole nitrogens is 1. The summed E-state index contributed by atoms with van der Waals surface area (Å²) in [5.41, 5.74) is 6.85. The summed E-state index contributed by atoms with van der Waals surface area (Å²) in [7, 11) is 0. The van der Waals surface area contributed by atoms with Crippen LogP contribution in [0.5, 0.6) is 0 Å². The molecule has 4 heterocycles. The van der Waals surface area contributed by atoms with Crippen molar-refractivity contribution in [2.75, 3.05) is 13.1 Å². The van der Waals surface area contributed by atoms with E-state index in [4.69, 9.17) is 16.7 Å². The number of aromatic amines is 1. The number of aryl methyl sites for hydroxylation is 1. The lowest BCUT2D eigenvalue weighted by Gasteiger charge is -2.58. The minimum absolute atomic E-state index is 0.00315. The number of halogens is 1. The number of carbonyl (C=O) groups is 1. The van der Waals surface area contributed by atoms with Gasteiger partial charge in [0.15, 0.2) is 0 Å². The Bertz CT molecular complexity index is 1890. The Morgan fingerprint density at radius 2 is 1.98 bits per heavy atom. The van der Waals surface area contributed by atoms with Crippen molar-refractivity contribution in [2.24, 2.45) is 5.41 Å². The Balaban J connectivity index is 1.34. The maximum Gasteiger partial charge on any atom is 0.245 e. The smallest absolute Gasteiger partial charge is 0.245 e. The highest BCUT2D eigenvalue weighted by Crippen LogP contribution is 2.55. The molecule has 42 heavy (non-hydrogen) atoms. The highest BCUT2D eigenvalue weighted by atomic mass is 35.5. The first-order valence-corrected chi connectivity index (χ1v) is 14.7. The van der Waals surface area contributed by atoms with Gasteiger partial charge in [-0.3, -0.25) is 19.3 Å². The second kappa shape index (κ2) is 9.28. The molecule has 216 valence electrons. The fourth-order valence-electron chi connectivity index (χ4n) is 6.94. The van der Waals surface area contributed by atoms with Gasteiger partial charge in [-0.05, 0) is 70.4 Å². The van der Waals surface area contributed by atoms with E-state index >= 15 is 0 Å². The van der Waals surface area contributed by atoms with Crippen molar-refractivity contribution >= 4 is 39.3 Å². The van der Waals surface area contributed by atoms with Gasteiger partial charge in [-0.1, -0.05) is 24.2 Å². The third-order valence-corrected chi connectivity index (χ3v) is 9.35. The maximum atomic E-state index is 12.0. The van der Waals surface area contributed by atoms with Crippen LogP contribution < -0.4 is 0 Å². The van der Waals surface area contributed by atoms with E-state index in [-0.39, 0.29) is 17.4 Å². The van der Waals surface area contributed by atoms with E-state index in [1.165, 1.54) is 6.08 Å². The number of aromatic nitrogens is 6. The Kier molecular flexibility index (Phi) is 5.94. The SMILES string of the molecule is C=CC(=O)N1CC2(CC(n3nc(-c4ccc5nn(CC(C)(C)O)cc5c4)c(-c4c(Cl)c(C)cc5[nH]ncc45)c3C)C2)C1. The number of hydrogen-bond acceptors (Lipinski definition) is 5. The van der Waals surface area contributed by atoms with Crippen LogP contribution in [-0.2, 0) is 11.3 Å². The Hall–Kier alpha value is -3.95. The Morgan fingerprint density at radius 3 is 2.69 bits per heavy atom. The first kappa shape index (κ1) is 26.9. The number of nitrogens with zero attached hydrogens (tertiary/aromatic N) is 6. The van der Waals surface area contributed by atoms with E-state index in [1.54, 1.807) is 18.5 Å². The van der Waals surface area contributed by atoms with Gasteiger partial charge in [0.2, 0.25) is 5.91 Å². The molecule has 2 aliphatic rings. The van der Waals surface area contributed by atoms with Gasteiger partial charge >= 0.3 is 0 Å². The largest absolute Gasteiger partial charge is 0.389 e. The molecule has 1 saturated carbocycles. The first-order chi connectivity index (χ1) is 19.9. The van der Waals surface area contributed by atoms with Crippen LogP contribution >= 0.6 is 11.6 Å². The molecule has 0 bridgehead atoms. The molecule has 1 amide bonds. The molecule has 2 fully saturated rings. The van der Waals surface area contributed by atoms with Crippen LogP contribution in [0, 0.1) is 19.3 Å². The van der Waals surface area contributed by atoms with E-state index < -0.39 is 5.60 Å². The predicted octanol–water partition coefficient (Wildman–Crippen LogP) is 5.83. The van der Waals surface area contributed by atoms with Gasteiger partial charge in [0.05, 0.1) is 40.4 Å². The van der Waals surface area contributed by atoms with E-state index in [9.17, 15) is 9.90 Å². The molecule has 2 N–H and O–H groups in total. The third kappa shape index (κ3) is 4.25. The molecule has 1 saturated heterocycles. The monoisotopic (exact) mass is 583 g/mol. The van der Waals surface area contributed by atoms with E-state index in [1.807, 2.05) is 36.4 Å². The summed E-state index contributed by atoms with van der Waals surface area (Å²) in [6, 6.07) is 8.44. The molecule has 7 rings (SSSR count). The molecule has 0 unspecified atom stereocenters. The molecule has 1 aliphatic carbocycles. The average Bonchev–Trinajstić information content (AvgIpc) is 3.59. The molecular formula is C32H34ClN7O2. The lowest BCUT2D eigenvalue weighted by molar-refractivity contribution is -0.149. The summed E-state index contributed by atoms with van der Waals surface area (Å²) < 4.78 is 3.96. The fraction of sp³-hybridized carbons (Fsp3) is 0.375. The zero-order chi connectivity index (χ0) is 29.6. The molecule has 9 nitrogen and oxygen atoms in total. The van der Waals surface area contributed by atoms with Crippen LogP contribution in [-0.4, -0.2) is 64.4 Å². The number of benzene rings is 2. The van der Waals surface area contributed by atoms with Gasteiger partial charge in [0, 0.05) is 57.9 Å². The van der Waals surface area contributed by atoms with Crippen LogP contribution in [0.3, 0.4) is 0 Å². The molecular weight excluding hydrogens is 550 g/mol. The minimum atomic E-state index is -0.873. The minimum Gasteiger partial charge on any atom is -0.389 e. The summed E-state index contributed by atoms with van der Waals surface area (Å²) in [5, 5.41) is 30.3. The van der Waals surface area contributed by atoms with Crippen LogP contribution in [0.2, 0.25) is 5.02 Å². The summed E-state index contributed by atoms with van der Waals surface area (Å²) >= 11 is 7.07. The van der Waals surface area contributed by atoms with Gasteiger partial charge in [0.25, 0.3) is 0 Å². The summed E-state index contributed by atoms with van der Waals surface area (Å²) in [6.07, 6.45) is 7.14. The van der Waals surface area contributed by atoms with Crippen molar-refractivity contribution in [3.8, 4) is 22.4 Å². The van der Waals surface area contributed by atoms with Crippen molar-refractivity contribution in [1.29, 1.82) is 0 Å². The molecule has 3 aromatic heterocycles. The van der Waals surface area contributed by atoms with Crippen LogP contribution in [0.1, 0.15) is 44.0 Å². The van der Waals surface area contributed by atoms with E-state index in [0.717, 1.165) is 81.4 Å². The number of rotatable bonds is 6. The van der Waals surface area contributed by atoms with Crippen molar-refractivity contribution in [1.82, 2.24) is 34.7 Å². The zero-order valence-corrected chi connectivity index (χ0v) is 25.0. The summed E-state index contributed by atoms with van der Waals surface area (Å²) in [4.78, 5) is 13.9. The number of fused-ring (bicyclic) bond motifs is 2. The number of carbonyl (C=O) groups excluding carboxylic acids is 1. The van der Waals surface area contributed by atoms with Crippen LogP contribution in [0.25, 0.3) is 44.2 Å². The second-order valence-electron chi connectivity index (χ2n) is 12.8. The molecule has 0 radical (unpaired) electrons. The standard InChI is InChI=1S/C32H34ClN7O2/c1-6-26(41)38-16-32(17-38)11-22(12-32)40-19(3)27(28-23-13-34-35-25(23)9-18(2)29(28)33)30(37-40)20-7-8-24-21(10-20)14-39(36-24)15-31(4,5)42/h6-10,13-14,22,42H,1,11-12,15-17H2,2-5H3,(H,34,35). The predicted molar refractivity (Wildman–Crippen MR) is 164 cm³/mol. The molecule has 2 aromatic carbocycles. The lowest BCUT2D eigenvalue weighted by Crippen LogP contribution is -2.63. The maximum absolute atomic E-state index is 12.0. The van der Waals surface area contributed by atoms with Gasteiger partial charge in [-0.2, -0.15) is 15.3 Å². The highest BCUT2D eigenvalue weighted by Gasteiger charge is 2.54. The summed E-state index contributed by atoms with van der Waals surface area (Å²) in [5.74, 6) is 0.00315. The molecule has 0 atom stereocenters. The molecule has 5 aromatic rings. The normalized spacial score (nSPS) is 16.8. The van der Waals surface area contributed by atoms with Crippen molar-refractivity contribution in [3.63, 3.8) is 0 Å². The van der Waals surface area contributed by atoms with Crippen molar-refractivity contribution in [2.45, 2.75) is 58.7 Å². The van der Waals surface area contributed by atoms with Crippen LogP contribution in [0.4, 0.5) is 0 Å². The van der Waals surface area contributed by atoms with Crippen molar-refractivity contribution in [3.05, 3.63) is 65.6 Å². The zero-order valence-electron chi connectivity index (χ0n) is 24.3. The number of likely N-dealkylation sites (tertiary alicyclic amines) is 1. The summed E-state index contributed by atoms with van der Waals surface area (Å²) in [6.45, 7) is 13.3. The van der Waals surface area contributed by atoms with E-state index in [2.05, 4.69) is 45.6 Å². The number of hydrogen-bond donors (Lipinski definition) is 2. The van der Waals surface area contributed by atoms with E-state index in [0.29, 0.717) is 11.6 Å². The number of aliphatic hydroxyl groups is 1. The number of amides is 1.